The fourth-order valence-electron chi connectivity index (χ4n) is 1.64. The zero-order chi connectivity index (χ0) is 8.72. The van der Waals surface area contributed by atoms with Crippen LogP contribution in [0.1, 0.15) is 30.0 Å². The number of halogens is 1. The van der Waals surface area contributed by atoms with Gasteiger partial charge in [0, 0.05) is 0 Å². The second-order valence-corrected chi connectivity index (χ2v) is 5.65. The summed E-state index contributed by atoms with van der Waals surface area (Å²) in [5, 5.41) is 9.69. The Labute approximate surface area is 83.8 Å². The second-order valence-electron chi connectivity index (χ2n) is 3.34. The number of nitrogens with zero attached hydrogens (tertiary/aromatic N) is 1. The molecule has 1 heterocycles. The normalized spacial score (nSPS) is 28.6. The number of aliphatic hydroxyl groups excluding tert-OH is 1. The van der Waals surface area contributed by atoms with Gasteiger partial charge in [0.05, 0.1) is 16.7 Å². The quantitative estimate of drug-likeness (QED) is 0.765. The fraction of sp³-hybridized carbons (Fsp3) is 0.625. The van der Waals surface area contributed by atoms with Crippen LogP contribution in [0, 0.1) is 5.92 Å². The first kappa shape index (κ1) is 8.66. The van der Waals surface area contributed by atoms with Crippen molar-refractivity contribution in [2.75, 3.05) is 0 Å². The maximum absolute atomic E-state index is 9.69. The van der Waals surface area contributed by atoms with Gasteiger partial charge in [0.2, 0.25) is 0 Å². The van der Waals surface area contributed by atoms with Crippen LogP contribution in [-0.4, -0.2) is 10.1 Å². The molecule has 2 atom stereocenters. The number of thiazole rings is 1. The van der Waals surface area contributed by atoms with Gasteiger partial charge < -0.3 is 5.11 Å². The molecule has 0 saturated heterocycles. The van der Waals surface area contributed by atoms with Crippen molar-refractivity contribution >= 4 is 27.3 Å². The van der Waals surface area contributed by atoms with E-state index in [9.17, 15) is 5.11 Å². The Balaban J connectivity index is 2.40. The zero-order valence-corrected chi connectivity index (χ0v) is 9.15. The minimum absolute atomic E-state index is 0.285. The van der Waals surface area contributed by atoms with Crippen LogP contribution in [-0.2, 0) is 6.42 Å². The molecule has 0 radical (unpaired) electrons. The Morgan fingerprint density at radius 1 is 1.67 bits per heavy atom. The molecule has 0 amide bonds. The third kappa shape index (κ3) is 1.43. The molecule has 0 aliphatic heterocycles. The molecule has 1 aliphatic rings. The smallest absolute Gasteiger partial charge is 0.159 e. The van der Waals surface area contributed by atoms with E-state index in [1.165, 1.54) is 0 Å². The van der Waals surface area contributed by atoms with Crippen molar-refractivity contribution in [2.24, 2.45) is 5.92 Å². The number of fused-ring (bicyclic) bond motifs is 1. The van der Waals surface area contributed by atoms with Crippen LogP contribution in [0.3, 0.4) is 0 Å². The van der Waals surface area contributed by atoms with Crippen molar-refractivity contribution in [1.82, 2.24) is 4.98 Å². The predicted molar refractivity (Wildman–Crippen MR) is 52.3 cm³/mol. The highest BCUT2D eigenvalue weighted by molar-refractivity contribution is 9.11. The molecule has 0 bridgehead atoms. The van der Waals surface area contributed by atoms with E-state index in [0.29, 0.717) is 5.92 Å². The highest BCUT2D eigenvalue weighted by Crippen LogP contribution is 2.37. The molecule has 0 spiro atoms. The van der Waals surface area contributed by atoms with Crippen molar-refractivity contribution in [3.63, 3.8) is 0 Å². The van der Waals surface area contributed by atoms with Gasteiger partial charge in [-0.25, -0.2) is 4.98 Å². The monoisotopic (exact) mass is 247 g/mol. The molecule has 0 aromatic carbocycles. The maximum atomic E-state index is 9.69. The van der Waals surface area contributed by atoms with E-state index in [4.69, 9.17) is 0 Å². The first-order valence-corrected chi connectivity index (χ1v) is 5.61. The lowest BCUT2D eigenvalue weighted by Crippen LogP contribution is -2.14. The van der Waals surface area contributed by atoms with E-state index in [-0.39, 0.29) is 6.10 Å². The highest BCUT2D eigenvalue weighted by Gasteiger charge is 2.26. The summed E-state index contributed by atoms with van der Waals surface area (Å²) in [5.74, 6) is 0.557. The van der Waals surface area contributed by atoms with Crippen LogP contribution in [0.2, 0.25) is 0 Å². The van der Waals surface area contributed by atoms with E-state index < -0.39 is 0 Å². The average molecular weight is 248 g/mol. The molecular formula is C8H10BrNOS. The van der Waals surface area contributed by atoms with Crippen LogP contribution in [0.25, 0.3) is 0 Å². The Bertz CT molecular complexity index is 299. The summed E-state index contributed by atoms with van der Waals surface area (Å²) in [6.45, 7) is 2.15. The summed E-state index contributed by atoms with van der Waals surface area (Å²) in [4.78, 5) is 5.38. The van der Waals surface area contributed by atoms with Gasteiger partial charge in [-0.15, -0.1) is 11.3 Å². The topological polar surface area (TPSA) is 33.1 Å². The Hall–Kier alpha value is 0.0700. The number of rotatable bonds is 0. The lowest BCUT2D eigenvalue weighted by molar-refractivity contribution is 0.139. The molecule has 0 saturated carbocycles. The van der Waals surface area contributed by atoms with E-state index in [0.717, 1.165) is 27.3 Å². The first-order valence-electron chi connectivity index (χ1n) is 4.00. The van der Waals surface area contributed by atoms with Crippen LogP contribution in [0.4, 0.5) is 0 Å². The van der Waals surface area contributed by atoms with Crippen molar-refractivity contribution in [2.45, 2.75) is 25.9 Å². The number of hydrogen-bond acceptors (Lipinski definition) is 3. The molecule has 2 rings (SSSR count). The highest BCUT2D eigenvalue weighted by atomic mass is 79.9. The van der Waals surface area contributed by atoms with Crippen LogP contribution >= 0.6 is 27.3 Å². The summed E-state index contributed by atoms with van der Waals surface area (Å²) < 4.78 is 0.889. The zero-order valence-electron chi connectivity index (χ0n) is 6.75. The van der Waals surface area contributed by atoms with E-state index in [2.05, 4.69) is 27.8 Å². The minimum atomic E-state index is -0.285. The molecule has 1 N–H and O–H groups in total. The van der Waals surface area contributed by atoms with Crippen LogP contribution < -0.4 is 0 Å². The summed E-state index contributed by atoms with van der Waals surface area (Å²) in [5.41, 5.74) is 1.08. The first-order chi connectivity index (χ1) is 5.66. The van der Waals surface area contributed by atoms with Gasteiger partial charge in [-0.1, -0.05) is 6.92 Å². The van der Waals surface area contributed by atoms with Gasteiger partial charge in [-0.05, 0) is 34.7 Å². The Kier molecular flexibility index (Phi) is 2.23. The van der Waals surface area contributed by atoms with Crippen molar-refractivity contribution < 1.29 is 5.11 Å². The minimum Gasteiger partial charge on any atom is -0.387 e. The van der Waals surface area contributed by atoms with Crippen molar-refractivity contribution in [1.29, 1.82) is 0 Å². The van der Waals surface area contributed by atoms with Crippen LogP contribution in [0.5, 0.6) is 0 Å². The predicted octanol–water partition coefficient (Wildman–Crippen LogP) is 2.52. The third-order valence-electron chi connectivity index (χ3n) is 2.17. The molecule has 1 aliphatic carbocycles. The van der Waals surface area contributed by atoms with E-state index in [1.807, 2.05) is 0 Å². The van der Waals surface area contributed by atoms with Gasteiger partial charge in [0.25, 0.3) is 0 Å². The van der Waals surface area contributed by atoms with Gasteiger partial charge >= 0.3 is 0 Å². The maximum Gasteiger partial charge on any atom is 0.159 e. The summed E-state index contributed by atoms with van der Waals surface area (Å²) >= 11 is 4.89. The van der Waals surface area contributed by atoms with E-state index >= 15 is 0 Å². The Morgan fingerprint density at radius 3 is 3.17 bits per heavy atom. The van der Waals surface area contributed by atoms with Crippen molar-refractivity contribution in [3.05, 3.63) is 14.5 Å². The molecule has 1 aromatic rings. The fourth-order valence-corrected chi connectivity index (χ4v) is 3.20. The molecule has 0 fully saturated rings. The molecule has 1 aromatic heterocycles. The van der Waals surface area contributed by atoms with Gasteiger partial charge in [-0.2, -0.15) is 0 Å². The van der Waals surface area contributed by atoms with E-state index in [1.54, 1.807) is 11.3 Å². The van der Waals surface area contributed by atoms with Crippen LogP contribution in [0.15, 0.2) is 3.92 Å². The average Bonchev–Trinajstić information content (AvgIpc) is 2.29. The summed E-state index contributed by atoms with van der Waals surface area (Å²) in [6.07, 6.45) is 1.60. The standard InChI is InChI=1S/C8H10BrNOS/c1-4-2-5-7(6(11)3-4)12-8(9)10-5/h4,6,11H,2-3H2,1H3. The van der Waals surface area contributed by atoms with Gasteiger partial charge in [0.15, 0.2) is 3.92 Å². The lowest BCUT2D eigenvalue weighted by atomic mass is 9.91. The molecule has 2 nitrogen and oxygen atoms in total. The van der Waals surface area contributed by atoms with Crippen molar-refractivity contribution in [3.8, 4) is 0 Å². The summed E-state index contributed by atoms with van der Waals surface area (Å²) in [6, 6.07) is 0. The molecular weight excluding hydrogens is 238 g/mol. The summed E-state index contributed by atoms with van der Waals surface area (Å²) in [7, 11) is 0. The van der Waals surface area contributed by atoms with Gasteiger partial charge in [0.1, 0.15) is 0 Å². The number of aliphatic hydroxyl groups is 1. The SMILES string of the molecule is CC1Cc2nc(Br)sc2C(O)C1. The molecule has 4 heteroatoms. The number of hydrogen-bond donors (Lipinski definition) is 1. The molecule has 2 unspecified atom stereocenters. The second kappa shape index (κ2) is 3.09. The number of aromatic nitrogens is 1. The molecule has 12 heavy (non-hydrogen) atoms. The molecule has 66 valence electrons. The largest absolute Gasteiger partial charge is 0.387 e. The Morgan fingerprint density at radius 2 is 2.42 bits per heavy atom. The lowest BCUT2D eigenvalue weighted by Gasteiger charge is -2.21. The third-order valence-corrected chi connectivity index (χ3v) is 3.82. The van der Waals surface area contributed by atoms with Gasteiger partial charge in [-0.3, -0.25) is 0 Å².